The Bertz CT molecular complexity index is 823. The van der Waals surface area contributed by atoms with E-state index in [0.29, 0.717) is 6.54 Å². The van der Waals surface area contributed by atoms with Crippen molar-refractivity contribution in [1.82, 2.24) is 29.7 Å². The normalized spacial score (nSPS) is 21.4. The SMILES string of the molecule is O=C(CN1CCc2cc(-n3ccnn3)ccc2C1)N1CCN(C2CCC2)CC1. The molecule has 28 heavy (non-hydrogen) atoms. The molecule has 0 atom stereocenters. The second kappa shape index (κ2) is 7.64. The summed E-state index contributed by atoms with van der Waals surface area (Å²) in [4.78, 5) is 19.7. The molecule has 1 saturated heterocycles. The van der Waals surface area contributed by atoms with Gasteiger partial charge in [-0.05, 0) is 42.5 Å². The molecule has 0 N–H and O–H groups in total. The summed E-state index contributed by atoms with van der Waals surface area (Å²) in [5, 5.41) is 7.95. The molecule has 0 spiro atoms. The van der Waals surface area contributed by atoms with Crippen LogP contribution in [0.15, 0.2) is 30.6 Å². The molecule has 2 fully saturated rings. The van der Waals surface area contributed by atoms with Gasteiger partial charge in [0.1, 0.15) is 0 Å². The summed E-state index contributed by atoms with van der Waals surface area (Å²) in [6.07, 6.45) is 8.60. The first-order valence-corrected chi connectivity index (χ1v) is 10.5. The number of rotatable bonds is 4. The van der Waals surface area contributed by atoms with Crippen molar-refractivity contribution in [3.8, 4) is 5.69 Å². The largest absolute Gasteiger partial charge is 0.339 e. The molecule has 1 amide bonds. The minimum Gasteiger partial charge on any atom is -0.339 e. The van der Waals surface area contributed by atoms with Crippen LogP contribution in [0, 0.1) is 0 Å². The molecule has 0 radical (unpaired) electrons. The van der Waals surface area contributed by atoms with Crippen molar-refractivity contribution < 1.29 is 4.79 Å². The number of aromatic nitrogens is 3. The summed E-state index contributed by atoms with van der Waals surface area (Å²) in [6, 6.07) is 7.24. The van der Waals surface area contributed by atoms with Gasteiger partial charge in [0.25, 0.3) is 0 Å². The topological polar surface area (TPSA) is 57.5 Å². The zero-order chi connectivity index (χ0) is 18.9. The molecular formula is C21H28N6O. The number of benzene rings is 1. The number of hydrogen-bond acceptors (Lipinski definition) is 5. The molecular weight excluding hydrogens is 352 g/mol. The van der Waals surface area contributed by atoms with E-state index in [9.17, 15) is 4.79 Å². The molecule has 1 aromatic heterocycles. The van der Waals surface area contributed by atoms with Crippen LogP contribution in [0.25, 0.3) is 5.69 Å². The van der Waals surface area contributed by atoms with Crippen LogP contribution in [-0.4, -0.2) is 80.9 Å². The lowest BCUT2D eigenvalue weighted by Crippen LogP contribution is -2.55. The predicted molar refractivity (Wildman–Crippen MR) is 106 cm³/mol. The Balaban J connectivity index is 1.16. The average Bonchev–Trinajstić information content (AvgIpc) is 3.21. The molecule has 1 aliphatic carbocycles. The number of carbonyl (C=O) groups is 1. The fourth-order valence-electron chi connectivity index (χ4n) is 4.60. The summed E-state index contributed by atoms with van der Waals surface area (Å²) in [7, 11) is 0. The van der Waals surface area contributed by atoms with Crippen LogP contribution < -0.4 is 0 Å². The van der Waals surface area contributed by atoms with Gasteiger partial charge in [0.15, 0.2) is 0 Å². The predicted octanol–water partition coefficient (Wildman–Crippen LogP) is 1.32. The summed E-state index contributed by atoms with van der Waals surface area (Å²) in [5.74, 6) is 0.288. The highest BCUT2D eigenvalue weighted by molar-refractivity contribution is 5.78. The Morgan fingerprint density at radius 3 is 2.64 bits per heavy atom. The van der Waals surface area contributed by atoms with Crippen LogP contribution in [0.5, 0.6) is 0 Å². The fourth-order valence-corrected chi connectivity index (χ4v) is 4.60. The monoisotopic (exact) mass is 380 g/mol. The lowest BCUT2D eigenvalue weighted by Gasteiger charge is -2.43. The molecule has 0 unspecified atom stereocenters. The van der Waals surface area contributed by atoms with Crippen LogP contribution in [0.3, 0.4) is 0 Å². The van der Waals surface area contributed by atoms with Gasteiger partial charge >= 0.3 is 0 Å². The molecule has 3 heterocycles. The average molecular weight is 380 g/mol. The van der Waals surface area contributed by atoms with Crippen molar-refractivity contribution in [1.29, 1.82) is 0 Å². The van der Waals surface area contributed by atoms with Gasteiger partial charge in [-0.15, -0.1) is 5.10 Å². The summed E-state index contributed by atoms with van der Waals surface area (Å²) in [6.45, 7) is 6.19. The third-order valence-corrected chi connectivity index (χ3v) is 6.59. The molecule has 7 heteroatoms. The molecule has 2 aromatic rings. The minimum absolute atomic E-state index is 0.288. The van der Waals surface area contributed by atoms with Gasteiger partial charge in [-0.3, -0.25) is 14.6 Å². The molecule has 1 saturated carbocycles. The van der Waals surface area contributed by atoms with Crippen molar-refractivity contribution in [2.24, 2.45) is 0 Å². The summed E-state index contributed by atoms with van der Waals surface area (Å²) >= 11 is 0. The quantitative estimate of drug-likeness (QED) is 0.801. The Labute approximate surface area is 165 Å². The van der Waals surface area contributed by atoms with Gasteiger partial charge in [-0.25, -0.2) is 4.68 Å². The van der Waals surface area contributed by atoms with Gasteiger partial charge in [-0.1, -0.05) is 17.7 Å². The Hall–Kier alpha value is -2.25. The third kappa shape index (κ3) is 3.56. The maximum Gasteiger partial charge on any atom is 0.236 e. The lowest BCUT2D eigenvalue weighted by molar-refractivity contribution is -0.135. The zero-order valence-electron chi connectivity index (χ0n) is 16.3. The van der Waals surface area contributed by atoms with Crippen molar-refractivity contribution in [2.45, 2.75) is 38.3 Å². The Morgan fingerprint density at radius 1 is 1.07 bits per heavy atom. The highest BCUT2D eigenvalue weighted by atomic mass is 16.2. The van der Waals surface area contributed by atoms with E-state index < -0.39 is 0 Å². The number of carbonyl (C=O) groups excluding carboxylic acids is 1. The number of nitrogens with zero attached hydrogens (tertiary/aromatic N) is 6. The van der Waals surface area contributed by atoms with Gasteiger partial charge in [0.05, 0.1) is 24.6 Å². The van der Waals surface area contributed by atoms with E-state index in [-0.39, 0.29) is 5.91 Å². The van der Waals surface area contributed by atoms with E-state index in [1.807, 2.05) is 6.20 Å². The van der Waals surface area contributed by atoms with Gasteiger partial charge < -0.3 is 4.90 Å². The van der Waals surface area contributed by atoms with E-state index >= 15 is 0 Å². The second-order valence-corrected chi connectivity index (χ2v) is 8.26. The van der Waals surface area contributed by atoms with E-state index in [2.05, 4.69) is 43.2 Å². The van der Waals surface area contributed by atoms with Crippen LogP contribution in [0.1, 0.15) is 30.4 Å². The number of piperazine rings is 1. The molecule has 7 nitrogen and oxygen atoms in total. The van der Waals surface area contributed by atoms with Gasteiger partial charge in [0.2, 0.25) is 5.91 Å². The zero-order valence-corrected chi connectivity index (χ0v) is 16.3. The first-order chi connectivity index (χ1) is 13.8. The van der Waals surface area contributed by atoms with Crippen molar-refractivity contribution in [3.05, 3.63) is 41.7 Å². The molecule has 3 aliphatic rings. The van der Waals surface area contributed by atoms with Crippen LogP contribution in [0.2, 0.25) is 0 Å². The summed E-state index contributed by atoms with van der Waals surface area (Å²) in [5.41, 5.74) is 3.72. The smallest absolute Gasteiger partial charge is 0.236 e. The highest BCUT2D eigenvalue weighted by Gasteiger charge is 2.30. The summed E-state index contributed by atoms with van der Waals surface area (Å²) < 4.78 is 1.79. The van der Waals surface area contributed by atoms with E-state index in [1.165, 1.54) is 30.4 Å². The maximum atomic E-state index is 12.8. The number of fused-ring (bicyclic) bond motifs is 1. The van der Waals surface area contributed by atoms with Crippen molar-refractivity contribution in [2.75, 3.05) is 39.3 Å². The molecule has 2 aliphatic heterocycles. The van der Waals surface area contributed by atoms with Crippen LogP contribution >= 0.6 is 0 Å². The molecule has 1 aromatic carbocycles. The molecule has 5 rings (SSSR count). The van der Waals surface area contributed by atoms with E-state index in [4.69, 9.17) is 0 Å². The van der Waals surface area contributed by atoms with Crippen molar-refractivity contribution in [3.63, 3.8) is 0 Å². The maximum absolute atomic E-state index is 12.8. The van der Waals surface area contributed by atoms with E-state index in [1.54, 1.807) is 10.9 Å². The Morgan fingerprint density at radius 2 is 1.93 bits per heavy atom. The second-order valence-electron chi connectivity index (χ2n) is 8.26. The number of amides is 1. The first-order valence-electron chi connectivity index (χ1n) is 10.5. The Kier molecular flexibility index (Phi) is 4.86. The third-order valence-electron chi connectivity index (χ3n) is 6.59. The number of hydrogen-bond donors (Lipinski definition) is 0. The standard InChI is InChI=1S/C21H28N6O/c28-21(26-12-10-25(11-13-26)19-2-1-3-19)16-24-8-6-17-14-20(5-4-18(17)15-24)27-9-7-22-23-27/h4-5,7,9,14,19H,1-3,6,8,10-13,15-16H2. The van der Waals surface area contributed by atoms with E-state index in [0.717, 1.165) is 57.4 Å². The van der Waals surface area contributed by atoms with Gasteiger partial charge in [-0.2, -0.15) is 0 Å². The molecule has 0 bridgehead atoms. The van der Waals surface area contributed by atoms with Crippen LogP contribution in [-0.2, 0) is 17.8 Å². The first kappa shape index (κ1) is 17.8. The fraction of sp³-hybridized carbons (Fsp3) is 0.571. The lowest BCUT2D eigenvalue weighted by atomic mass is 9.91. The minimum atomic E-state index is 0.288. The highest BCUT2D eigenvalue weighted by Crippen LogP contribution is 2.26. The van der Waals surface area contributed by atoms with Crippen LogP contribution in [0.4, 0.5) is 0 Å². The molecule has 148 valence electrons. The van der Waals surface area contributed by atoms with Crippen molar-refractivity contribution >= 4 is 5.91 Å². The van der Waals surface area contributed by atoms with Gasteiger partial charge in [0, 0.05) is 45.3 Å².